The summed E-state index contributed by atoms with van der Waals surface area (Å²) in [6, 6.07) is 2.85. The highest BCUT2D eigenvalue weighted by Gasteiger charge is 2.60. The summed E-state index contributed by atoms with van der Waals surface area (Å²) in [7, 11) is 0. The van der Waals surface area contributed by atoms with Crippen molar-refractivity contribution < 1.29 is 19.4 Å². The molecule has 1 aromatic rings. The molecule has 2 heterocycles. The molecule has 3 saturated carbocycles. The molecule has 6 heteroatoms. The van der Waals surface area contributed by atoms with Gasteiger partial charge in [-0.1, -0.05) is 13.3 Å². The average molecular weight is 445 g/mol. The third-order valence-electron chi connectivity index (χ3n) is 10.1. The Labute approximate surface area is 190 Å². The lowest BCUT2D eigenvalue weighted by Gasteiger charge is -2.63. The van der Waals surface area contributed by atoms with E-state index in [0.29, 0.717) is 30.7 Å². The van der Waals surface area contributed by atoms with Crippen LogP contribution in [-0.4, -0.2) is 50.3 Å². The minimum atomic E-state index is -0.623. The van der Waals surface area contributed by atoms with Crippen LogP contribution in [0.1, 0.15) is 82.1 Å². The number of hydrogen-bond acceptors (Lipinski definition) is 4. The molecule has 3 aliphatic carbocycles. The Morgan fingerprint density at radius 2 is 1.88 bits per heavy atom. The first-order valence-corrected chi connectivity index (χ1v) is 12.6. The summed E-state index contributed by atoms with van der Waals surface area (Å²) in [5, 5.41) is 21.1. The van der Waals surface area contributed by atoms with Crippen LogP contribution in [0.5, 0.6) is 0 Å². The molecule has 5 rings (SSSR count). The summed E-state index contributed by atoms with van der Waals surface area (Å²) in [5.74, 6) is 0.720. The molecule has 0 aromatic carbocycles. The van der Waals surface area contributed by atoms with Gasteiger partial charge >= 0.3 is 0 Å². The fourth-order valence-electron chi connectivity index (χ4n) is 8.37. The number of aliphatic hydroxyl groups excluding tert-OH is 2. The van der Waals surface area contributed by atoms with Gasteiger partial charge in [-0.2, -0.15) is 0 Å². The van der Waals surface area contributed by atoms with Crippen molar-refractivity contribution in [3.8, 4) is 0 Å². The zero-order valence-electron chi connectivity index (χ0n) is 19.3. The van der Waals surface area contributed by atoms with Crippen LogP contribution in [0.4, 0.5) is 4.39 Å². The predicted octanol–water partition coefficient (Wildman–Crippen LogP) is 4.18. The topological polar surface area (TPSA) is 73.7 Å². The van der Waals surface area contributed by atoms with E-state index in [9.17, 15) is 19.4 Å². The summed E-state index contributed by atoms with van der Waals surface area (Å²) in [5.41, 5.74) is -0.317. The number of pyridine rings is 1. The number of aromatic nitrogens is 1. The molecular weight excluding hydrogens is 407 g/mol. The van der Waals surface area contributed by atoms with E-state index in [1.807, 2.05) is 4.90 Å². The van der Waals surface area contributed by atoms with Crippen LogP contribution < -0.4 is 0 Å². The second-order valence-corrected chi connectivity index (χ2v) is 11.3. The van der Waals surface area contributed by atoms with Crippen molar-refractivity contribution in [2.24, 2.45) is 29.1 Å². The lowest BCUT2D eigenvalue weighted by atomic mass is 9.45. The minimum Gasteiger partial charge on any atom is -0.390 e. The molecule has 1 amide bonds. The first-order valence-electron chi connectivity index (χ1n) is 12.6. The van der Waals surface area contributed by atoms with Gasteiger partial charge in [0.1, 0.15) is 0 Å². The Morgan fingerprint density at radius 1 is 1.06 bits per heavy atom. The Bertz CT molecular complexity index is 880. The normalized spacial score (nSPS) is 44.1. The molecular formula is C26H37FN2O3. The van der Waals surface area contributed by atoms with Crippen LogP contribution in [0, 0.1) is 34.9 Å². The van der Waals surface area contributed by atoms with Crippen molar-refractivity contribution in [1.29, 1.82) is 0 Å². The third kappa shape index (κ3) is 3.24. The van der Waals surface area contributed by atoms with Crippen molar-refractivity contribution >= 4 is 5.91 Å². The molecule has 3 unspecified atom stereocenters. The molecule has 176 valence electrons. The Morgan fingerprint density at radius 3 is 2.66 bits per heavy atom. The minimum absolute atomic E-state index is 0.0388. The van der Waals surface area contributed by atoms with E-state index < -0.39 is 18.0 Å². The fourth-order valence-corrected chi connectivity index (χ4v) is 8.37. The lowest BCUT2D eigenvalue weighted by Crippen LogP contribution is -2.63. The van der Waals surface area contributed by atoms with E-state index in [1.54, 1.807) is 0 Å². The predicted molar refractivity (Wildman–Crippen MR) is 119 cm³/mol. The largest absolute Gasteiger partial charge is 0.390 e. The maximum absolute atomic E-state index is 14.5. The molecule has 1 aliphatic heterocycles. The number of carbonyl (C=O) groups is 1. The number of aliphatic hydroxyl groups is 2. The third-order valence-corrected chi connectivity index (χ3v) is 10.1. The zero-order valence-corrected chi connectivity index (χ0v) is 19.3. The first kappa shape index (κ1) is 22.3. The summed E-state index contributed by atoms with van der Waals surface area (Å²) < 4.78 is 14.5. The van der Waals surface area contributed by atoms with E-state index in [4.69, 9.17) is 0 Å². The molecule has 8 atom stereocenters. The summed E-state index contributed by atoms with van der Waals surface area (Å²) in [6.07, 6.45) is 8.91. The highest BCUT2D eigenvalue weighted by atomic mass is 19.1. The molecule has 0 spiro atoms. The summed E-state index contributed by atoms with van der Waals surface area (Å²) >= 11 is 0. The highest BCUT2D eigenvalue weighted by molar-refractivity contribution is 5.93. The van der Waals surface area contributed by atoms with Crippen molar-refractivity contribution in [1.82, 2.24) is 9.88 Å². The van der Waals surface area contributed by atoms with Crippen LogP contribution in [-0.2, 0) is 0 Å². The smallest absolute Gasteiger partial charge is 0.275 e. The van der Waals surface area contributed by atoms with Gasteiger partial charge in [0.2, 0.25) is 0 Å². The van der Waals surface area contributed by atoms with Crippen LogP contribution in [0.2, 0.25) is 0 Å². The van der Waals surface area contributed by atoms with Crippen LogP contribution >= 0.6 is 0 Å². The van der Waals surface area contributed by atoms with Crippen LogP contribution in [0.15, 0.2) is 18.3 Å². The van der Waals surface area contributed by atoms with Gasteiger partial charge in [0.25, 0.3) is 5.91 Å². The van der Waals surface area contributed by atoms with E-state index in [2.05, 4.69) is 18.8 Å². The molecule has 0 bridgehead atoms. The molecule has 0 radical (unpaired) electrons. The molecule has 32 heavy (non-hydrogen) atoms. The Kier molecular flexibility index (Phi) is 5.60. The van der Waals surface area contributed by atoms with Crippen molar-refractivity contribution in [3.63, 3.8) is 0 Å². The van der Waals surface area contributed by atoms with Gasteiger partial charge in [-0.15, -0.1) is 0 Å². The van der Waals surface area contributed by atoms with Gasteiger partial charge in [0.05, 0.1) is 12.2 Å². The van der Waals surface area contributed by atoms with E-state index in [0.717, 1.165) is 51.4 Å². The highest BCUT2D eigenvalue weighted by Crippen LogP contribution is 2.63. The fraction of sp³-hybridized carbons (Fsp3) is 0.769. The number of likely N-dealkylation sites (tertiary alicyclic amines) is 1. The van der Waals surface area contributed by atoms with Gasteiger partial charge in [-0.3, -0.25) is 4.79 Å². The van der Waals surface area contributed by atoms with Gasteiger partial charge in [0.15, 0.2) is 11.5 Å². The second-order valence-electron chi connectivity index (χ2n) is 11.3. The number of amides is 1. The standard InChI is InChI=1S/C26H37FN2O3/c1-25-12-11-21(30)23(31)19(25)9-8-16-17(25)10-13-26(2)18(16)6-3-4-15-29(26)24(32)22-20(27)7-5-14-28-22/h5,7,14,16-19,21,23,30-31H,3-4,6,8-13,15H2,1-2H3/t16-,17?,18?,19?,21-,23+,25+,26-/m0/s1. The van der Waals surface area contributed by atoms with Crippen LogP contribution in [0.25, 0.3) is 0 Å². The number of rotatable bonds is 1. The molecule has 1 saturated heterocycles. The number of nitrogens with zero attached hydrogens (tertiary/aromatic N) is 2. The number of hydrogen-bond donors (Lipinski definition) is 2. The molecule has 4 aliphatic rings. The Hall–Kier alpha value is -1.53. The zero-order chi connectivity index (χ0) is 22.7. The number of halogens is 1. The summed E-state index contributed by atoms with van der Waals surface area (Å²) in [6.45, 7) is 5.23. The van der Waals surface area contributed by atoms with Crippen molar-refractivity contribution in [2.45, 2.75) is 89.4 Å². The molecule has 2 N–H and O–H groups in total. The van der Waals surface area contributed by atoms with Crippen molar-refractivity contribution in [2.75, 3.05) is 6.54 Å². The summed E-state index contributed by atoms with van der Waals surface area (Å²) in [4.78, 5) is 19.6. The van der Waals surface area contributed by atoms with E-state index in [-0.39, 0.29) is 28.5 Å². The van der Waals surface area contributed by atoms with Gasteiger partial charge in [-0.05, 0) is 99.5 Å². The lowest BCUT2D eigenvalue weighted by molar-refractivity contribution is -0.174. The monoisotopic (exact) mass is 444 g/mol. The second kappa shape index (κ2) is 8.05. The molecule has 4 fully saturated rings. The average Bonchev–Trinajstić information content (AvgIpc) is 2.95. The van der Waals surface area contributed by atoms with Crippen LogP contribution in [0.3, 0.4) is 0 Å². The van der Waals surface area contributed by atoms with E-state index >= 15 is 0 Å². The molecule has 1 aromatic heterocycles. The van der Waals surface area contributed by atoms with Gasteiger partial charge in [-0.25, -0.2) is 9.37 Å². The maximum atomic E-state index is 14.5. The van der Waals surface area contributed by atoms with Gasteiger partial charge < -0.3 is 15.1 Å². The van der Waals surface area contributed by atoms with Crippen molar-refractivity contribution in [3.05, 3.63) is 29.8 Å². The van der Waals surface area contributed by atoms with E-state index in [1.165, 1.54) is 18.3 Å². The SMILES string of the molecule is C[C@]12CC[C@H](O)[C@H](O)C1CC[C@H]1C2CC[C@@]2(C)C1CCCCN2C(=O)c1ncccc1F. The maximum Gasteiger partial charge on any atom is 0.275 e. The first-order chi connectivity index (χ1) is 15.3. The van der Waals surface area contributed by atoms with Gasteiger partial charge in [0, 0.05) is 18.3 Å². The Balaban J connectivity index is 1.47. The molecule has 5 nitrogen and oxygen atoms in total. The number of fused-ring (bicyclic) bond motifs is 5. The quantitative estimate of drug-likeness (QED) is 0.682. The number of carbonyl (C=O) groups excluding carboxylic acids is 1.